The van der Waals surface area contributed by atoms with Gasteiger partial charge in [-0.1, -0.05) is 24.3 Å². The highest BCUT2D eigenvalue weighted by Crippen LogP contribution is 2.09. The number of rotatable bonds is 3. The average Bonchev–Trinajstić information content (AvgIpc) is 2.80. The van der Waals surface area contributed by atoms with Crippen LogP contribution in [0, 0.1) is 5.82 Å². The van der Waals surface area contributed by atoms with Crippen LogP contribution >= 0.6 is 0 Å². The van der Waals surface area contributed by atoms with Crippen LogP contribution in [0.15, 0.2) is 48.5 Å². The topological polar surface area (TPSA) is 47.8 Å². The molecule has 0 spiro atoms. The monoisotopic (exact) mass is 255 g/mol. The zero-order valence-electron chi connectivity index (χ0n) is 9.95. The predicted octanol–water partition coefficient (Wildman–Crippen LogP) is 2.45. The molecule has 1 aromatic heterocycles. The highest BCUT2D eigenvalue weighted by atomic mass is 19.1. The lowest BCUT2D eigenvalue weighted by atomic mass is 10.1. The van der Waals surface area contributed by atoms with Crippen molar-refractivity contribution in [3.05, 3.63) is 59.9 Å². The lowest BCUT2D eigenvalue weighted by molar-refractivity contribution is 0.0962. The predicted molar refractivity (Wildman–Crippen MR) is 68.3 cm³/mol. The number of fused-ring (bicyclic) bond motifs is 1. The Morgan fingerprint density at radius 1 is 1.05 bits per heavy atom. The number of halogens is 1. The molecule has 0 atom stereocenters. The summed E-state index contributed by atoms with van der Waals surface area (Å²) in [6.07, 6.45) is 0. The van der Waals surface area contributed by atoms with Gasteiger partial charge in [-0.2, -0.15) is 15.0 Å². The summed E-state index contributed by atoms with van der Waals surface area (Å²) in [6, 6.07) is 13.0. The van der Waals surface area contributed by atoms with E-state index in [4.69, 9.17) is 0 Å². The Bertz CT molecular complexity index is 718. The number of Topliss-reactive ketones (excluding diaryl/α,β-unsaturated/α-hetero) is 1. The Labute approximate surface area is 108 Å². The van der Waals surface area contributed by atoms with Gasteiger partial charge in [0.2, 0.25) is 0 Å². The molecule has 0 saturated carbocycles. The van der Waals surface area contributed by atoms with Crippen LogP contribution in [0.25, 0.3) is 11.0 Å². The van der Waals surface area contributed by atoms with Gasteiger partial charge in [0, 0.05) is 5.56 Å². The van der Waals surface area contributed by atoms with Crippen LogP contribution in [-0.4, -0.2) is 20.8 Å². The van der Waals surface area contributed by atoms with Crippen LogP contribution in [0.1, 0.15) is 10.4 Å². The van der Waals surface area contributed by atoms with E-state index in [1.165, 1.54) is 23.0 Å². The fraction of sp³-hybridized carbons (Fsp3) is 0.0714. The molecule has 0 N–H and O–H groups in total. The van der Waals surface area contributed by atoms with Crippen molar-refractivity contribution in [2.45, 2.75) is 6.54 Å². The van der Waals surface area contributed by atoms with E-state index in [-0.39, 0.29) is 12.3 Å². The van der Waals surface area contributed by atoms with Gasteiger partial charge < -0.3 is 0 Å². The van der Waals surface area contributed by atoms with Crippen molar-refractivity contribution in [3.63, 3.8) is 0 Å². The highest BCUT2D eigenvalue weighted by molar-refractivity contribution is 5.95. The molecule has 0 aliphatic rings. The zero-order valence-corrected chi connectivity index (χ0v) is 9.95. The number of carbonyl (C=O) groups is 1. The van der Waals surface area contributed by atoms with Crippen LogP contribution in [0.3, 0.4) is 0 Å². The van der Waals surface area contributed by atoms with Crippen molar-refractivity contribution in [3.8, 4) is 0 Å². The van der Waals surface area contributed by atoms with E-state index >= 15 is 0 Å². The first-order chi connectivity index (χ1) is 9.22. The molecule has 19 heavy (non-hydrogen) atoms. The number of ketones is 1. The summed E-state index contributed by atoms with van der Waals surface area (Å²) < 4.78 is 13.0. The zero-order chi connectivity index (χ0) is 13.2. The summed E-state index contributed by atoms with van der Waals surface area (Å²) in [7, 11) is 0. The molecule has 0 fully saturated rings. The van der Waals surface area contributed by atoms with Gasteiger partial charge in [0.1, 0.15) is 23.4 Å². The quantitative estimate of drug-likeness (QED) is 0.675. The van der Waals surface area contributed by atoms with E-state index in [9.17, 15) is 9.18 Å². The number of hydrogen-bond acceptors (Lipinski definition) is 3. The first-order valence-corrected chi connectivity index (χ1v) is 5.81. The van der Waals surface area contributed by atoms with Crippen LogP contribution < -0.4 is 0 Å². The maximum atomic E-state index is 13.0. The first-order valence-electron chi connectivity index (χ1n) is 5.81. The van der Waals surface area contributed by atoms with E-state index in [0.717, 1.165) is 11.0 Å². The van der Waals surface area contributed by atoms with Crippen molar-refractivity contribution >= 4 is 16.8 Å². The summed E-state index contributed by atoms with van der Waals surface area (Å²) in [4.78, 5) is 13.3. The SMILES string of the molecule is O=C(Cn1nc2ccccc2n1)c1cccc(F)c1. The minimum atomic E-state index is -0.426. The van der Waals surface area contributed by atoms with Gasteiger partial charge in [-0.05, 0) is 24.3 Å². The molecule has 3 rings (SSSR count). The van der Waals surface area contributed by atoms with E-state index in [1.807, 2.05) is 24.3 Å². The van der Waals surface area contributed by atoms with Crippen LogP contribution in [0.5, 0.6) is 0 Å². The van der Waals surface area contributed by atoms with E-state index in [0.29, 0.717) is 5.56 Å². The molecule has 0 radical (unpaired) electrons. The molecule has 3 aromatic rings. The molecular formula is C14H10FN3O. The molecule has 4 nitrogen and oxygen atoms in total. The van der Waals surface area contributed by atoms with Gasteiger partial charge in [0.15, 0.2) is 5.78 Å². The van der Waals surface area contributed by atoms with Crippen LogP contribution in [0.2, 0.25) is 0 Å². The van der Waals surface area contributed by atoms with Crippen molar-refractivity contribution < 1.29 is 9.18 Å². The molecule has 0 aliphatic heterocycles. The smallest absolute Gasteiger partial charge is 0.186 e. The molecule has 0 saturated heterocycles. The highest BCUT2D eigenvalue weighted by Gasteiger charge is 2.10. The van der Waals surface area contributed by atoms with Crippen molar-refractivity contribution in [1.29, 1.82) is 0 Å². The Kier molecular flexibility index (Phi) is 2.79. The van der Waals surface area contributed by atoms with E-state index in [1.54, 1.807) is 6.07 Å². The third-order valence-electron chi connectivity index (χ3n) is 2.76. The normalized spacial score (nSPS) is 10.8. The second-order valence-electron chi connectivity index (χ2n) is 4.15. The Hall–Kier alpha value is -2.56. The second kappa shape index (κ2) is 4.61. The largest absolute Gasteiger partial charge is 0.292 e. The van der Waals surface area contributed by atoms with Gasteiger partial charge in [0.05, 0.1) is 0 Å². The lowest BCUT2D eigenvalue weighted by Crippen LogP contribution is -2.13. The van der Waals surface area contributed by atoms with Crippen LogP contribution in [-0.2, 0) is 6.54 Å². The summed E-state index contributed by atoms with van der Waals surface area (Å²) in [6.45, 7) is -0.00185. The minimum Gasteiger partial charge on any atom is -0.292 e. The van der Waals surface area contributed by atoms with Crippen molar-refractivity contribution in [2.75, 3.05) is 0 Å². The number of carbonyl (C=O) groups excluding carboxylic acids is 1. The summed E-state index contributed by atoms with van der Waals surface area (Å²) in [5.41, 5.74) is 1.78. The molecule has 2 aromatic carbocycles. The fourth-order valence-corrected chi connectivity index (χ4v) is 1.86. The molecule has 0 amide bonds. The Balaban J connectivity index is 1.86. The first kappa shape index (κ1) is 11.5. The molecule has 0 aliphatic carbocycles. The fourth-order valence-electron chi connectivity index (χ4n) is 1.86. The third-order valence-corrected chi connectivity index (χ3v) is 2.76. The van der Waals surface area contributed by atoms with Crippen LogP contribution in [0.4, 0.5) is 4.39 Å². The standard InChI is InChI=1S/C14H10FN3O/c15-11-5-3-4-10(8-11)14(19)9-18-16-12-6-1-2-7-13(12)17-18/h1-8H,9H2. The number of nitrogens with zero attached hydrogens (tertiary/aromatic N) is 3. The Morgan fingerprint density at radius 2 is 1.74 bits per heavy atom. The lowest BCUT2D eigenvalue weighted by Gasteiger charge is -2.00. The average molecular weight is 255 g/mol. The molecule has 5 heteroatoms. The van der Waals surface area contributed by atoms with E-state index < -0.39 is 5.82 Å². The Morgan fingerprint density at radius 3 is 2.37 bits per heavy atom. The maximum absolute atomic E-state index is 13.0. The number of aromatic nitrogens is 3. The molecule has 0 bridgehead atoms. The number of hydrogen-bond donors (Lipinski definition) is 0. The maximum Gasteiger partial charge on any atom is 0.186 e. The van der Waals surface area contributed by atoms with Gasteiger partial charge in [-0.3, -0.25) is 4.79 Å². The van der Waals surface area contributed by atoms with Gasteiger partial charge in [0.25, 0.3) is 0 Å². The van der Waals surface area contributed by atoms with E-state index in [2.05, 4.69) is 10.2 Å². The molecule has 0 unspecified atom stereocenters. The van der Waals surface area contributed by atoms with Gasteiger partial charge >= 0.3 is 0 Å². The second-order valence-corrected chi connectivity index (χ2v) is 4.15. The minimum absolute atomic E-state index is 0.00185. The summed E-state index contributed by atoms with van der Waals surface area (Å²) in [5, 5.41) is 8.38. The van der Waals surface area contributed by atoms with Gasteiger partial charge in [-0.25, -0.2) is 4.39 Å². The molecule has 94 valence electrons. The van der Waals surface area contributed by atoms with Gasteiger partial charge in [-0.15, -0.1) is 0 Å². The van der Waals surface area contributed by atoms with Crippen molar-refractivity contribution in [1.82, 2.24) is 15.0 Å². The summed E-state index contributed by atoms with van der Waals surface area (Å²) in [5.74, 6) is -0.649. The summed E-state index contributed by atoms with van der Waals surface area (Å²) >= 11 is 0. The molecular weight excluding hydrogens is 245 g/mol. The molecule has 1 heterocycles. The van der Waals surface area contributed by atoms with Crippen molar-refractivity contribution in [2.24, 2.45) is 0 Å². The third kappa shape index (κ3) is 2.35. The number of benzene rings is 2.